The molecule has 0 aliphatic carbocycles. The number of ether oxygens (including phenoxy) is 2. The van der Waals surface area contributed by atoms with Gasteiger partial charge in [0.2, 0.25) is 0 Å². The largest absolute Gasteiger partial charge is 0.486 e. The zero-order valence-corrected chi connectivity index (χ0v) is 12.9. The van der Waals surface area contributed by atoms with Gasteiger partial charge < -0.3 is 14.8 Å². The Kier molecular flexibility index (Phi) is 3.99. The van der Waals surface area contributed by atoms with Gasteiger partial charge in [0.05, 0.1) is 4.47 Å². The van der Waals surface area contributed by atoms with Crippen molar-refractivity contribution in [2.24, 2.45) is 0 Å². The first kappa shape index (κ1) is 13.3. The molecular formula is C15H20BrNO2. The van der Waals surface area contributed by atoms with Crippen LogP contribution in [0, 0.1) is 0 Å². The van der Waals surface area contributed by atoms with Crippen LogP contribution in [0.3, 0.4) is 0 Å². The molecule has 2 heterocycles. The molecule has 2 aliphatic heterocycles. The Morgan fingerprint density at radius 1 is 1.21 bits per heavy atom. The van der Waals surface area contributed by atoms with E-state index >= 15 is 0 Å². The highest BCUT2D eigenvalue weighted by Crippen LogP contribution is 2.45. The molecule has 3 rings (SSSR count). The van der Waals surface area contributed by atoms with Crippen LogP contribution in [0.4, 0.5) is 0 Å². The second kappa shape index (κ2) is 5.71. The summed E-state index contributed by atoms with van der Waals surface area (Å²) < 4.78 is 12.7. The first-order chi connectivity index (χ1) is 9.31. The molecule has 1 aromatic carbocycles. The zero-order chi connectivity index (χ0) is 13.2. The maximum absolute atomic E-state index is 5.89. The number of fused-ring (bicyclic) bond motifs is 1. The molecule has 0 saturated carbocycles. The number of halogens is 1. The van der Waals surface area contributed by atoms with Crippen LogP contribution in [0.5, 0.6) is 11.5 Å². The van der Waals surface area contributed by atoms with Crippen molar-refractivity contribution in [1.82, 2.24) is 5.32 Å². The average molecular weight is 326 g/mol. The van der Waals surface area contributed by atoms with Crippen LogP contribution in [-0.4, -0.2) is 26.3 Å². The van der Waals surface area contributed by atoms with Crippen LogP contribution in [0.25, 0.3) is 0 Å². The van der Waals surface area contributed by atoms with Crippen LogP contribution >= 0.6 is 15.9 Å². The molecule has 1 aromatic rings. The molecule has 104 valence electrons. The summed E-state index contributed by atoms with van der Waals surface area (Å²) in [5.41, 5.74) is 2.78. The molecule has 0 amide bonds. The molecule has 4 heteroatoms. The lowest BCUT2D eigenvalue weighted by atomic mass is 9.85. The first-order valence-electron chi connectivity index (χ1n) is 7.12. The Bertz CT molecular complexity index is 470. The Labute approximate surface area is 122 Å². The Hall–Kier alpha value is -0.740. The Morgan fingerprint density at radius 3 is 2.58 bits per heavy atom. The van der Waals surface area contributed by atoms with E-state index in [9.17, 15) is 0 Å². The van der Waals surface area contributed by atoms with Crippen LogP contribution in [0.15, 0.2) is 10.5 Å². The van der Waals surface area contributed by atoms with Crippen molar-refractivity contribution >= 4 is 15.9 Å². The van der Waals surface area contributed by atoms with Crippen molar-refractivity contribution in [3.8, 4) is 11.5 Å². The van der Waals surface area contributed by atoms with Gasteiger partial charge in [0.1, 0.15) is 13.2 Å². The van der Waals surface area contributed by atoms with Crippen molar-refractivity contribution < 1.29 is 9.47 Å². The smallest absolute Gasteiger partial charge is 0.175 e. The van der Waals surface area contributed by atoms with E-state index in [0.717, 1.165) is 35.5 Å². The first-order valence-corrected chi connectivity index (χ1v) is 7.92. The number of nitrogens with one attached hydrogen (secondary N) is 1. The third-order valence-corrected chi connectivity index (χ3v) is 4.63. The summed E-state index contributed by atoms with van der Waals surface area (Å²) in [4.78, 5) is 0. The summed E-state index contributed by atoms with van der Waals surface area (Å²) in [6, 6.07) is 2.25. The molecule has 1 N–H and O–H groups in total. The summed E-state index contributed by atoms with van der Waals surface area (Å²) in [7, 11) is 0. The Morgan fingerprint density at radius 2 is 1.89 bits per heavy atom. The van der Waals surface area contributed by atoms with Gasteiger partial charge in [-0.2, -0.15) is 0 Å². The van der Waals surface area contributed by atoms with E-state index in [1.807, 2.05) is 0 Å². The summed E-state index contributed by atoms with van der Waals surface area (Å²) in [6.07, 6.45) is 3.41. The average Bonchev–Trinajstić information content (AvgIpc) is 2.48. The van der Waals surface area contributed by atoms with Crippen molar-refractivity contribution in [2.45, 2.75) is 32.1 Å². The second-order valence-electron chi connectivity index (χ2n) is 5.16. The van der Waals surface area contributed by atoms with Gasteiger partial charge in [-0.1, -0.05) is 6.92 Å². The van der Waals surface area contributed by atoms with Gasteiger partial charge in [-0.05, 0) is 65.8 Å². The highest BCUT2D eigenvalue weighted by atomic mass is 79.9. The van der Waals surface area contributed by atoms with Crippen LogP contribution in [0.1, 0.15) is 36.8 Å². The zero-order valence-electron chi connectivity index (χ0n) is 11.3. The normalized spacial score (nSPS) is 19.5. The highest BCUT2D eigenvalue weighted by molar-refractivity contribution is 9.10. The number of benzene rings is 1. The maximum Gasteiger partial charge on any atom is 0.175 e. The molecule has 0 atom stereocenters. The fourth-order valence-electron chi connectivity index (χ4n) is 3.10. The fourth-order valence-corrected chi connectivity index (χ4v) is 3.64. The van der Waals surface area contributed by atoms with Gasteiger partial charge in [-0.3, -0.25) is 0 Å². The number of hydrogen-bond acceptors (Lipinski definition) is 3. The van der Waals surface area contributed by atoms with Crippen LogP contribution < -0.4 is 14.8 Å². The molecule has 0 aromatic heterocycles. The van der Waals surface area contributed by atoms with E-state index in [1.165, 1.54) is 24.0 Å². The van der Waals surface area contributed by atoms with Crippen molar-refractivity contribution in [2.75, 3.05) is 26.3 Å². The van der Waals surface area contributed by atoms with Crippen molar-refractivity contribution in [3.63, 3.8) is 0 Å². The Balaban J connectivity index is 2.05. The summed E-state index contributed by atoms with van der Waals surface area (Å²) in [5.74, 6) is 2.50. The second-order valence-corrected chi connectivity index (χ2v) is 6.01. The molecule has 3 nitrogen and oxygen atoms in total. The topological polar surface area (TPSA) is 30.5 Å². The molecule has 0 unspecified atom stereocenters. The van der Waals surface area contributed by atoms with Crippen LogP contribution in [-0.2, 0) is 6.42 Å². The minimum absolute atomic E-state index is 0.640. The van der Waals surface area contributed by atoms with Gasteiger partial charge in [0.15, 0.2) is 11.5 Å². The van der Waals surface area contributed by atoms with Crippen molar-refractivity contribution in [1.29, 1.82) is 0 Å². The molecule has 0 bridgehead atoms. The lowest BCUT2D eigenvalue weighted by Gasteiger charge is -2.29. The molecule has 19 heavy (non-hydrogen) atoms. The van der Waals surface area contributed by atoms with Gasteiger partial charge >= 0.3 is 0 Å². The quantitative estimate of drug-likeness (QED) is 0.905. The maximum atomic E-state index is 5.89. The lowest BCUT2D eigenvalue weighted by Crippen LogP contribution is -2.27. The van der Waals surface area contributed by atoms with E-state index in [4.69, 9.17) is 9.47 Å². The number of piperidine rings is 1. The highest BCUT2D eigenvalue weighted by Gasteiger charge is 2.26. The minimum atomic E-state index is 0.640. The van der Waals surface area contributed by atoms with E-state index in [-0.39, 0.29) is 0 Å². The molecular weight excluding hydrogens is 306 g/mol. The lowest BCUT2D eigenvalue weighted by molar-refractivity contribution is 0.168. The standard InChI is InChI=1S/C15H20BrNO2/c1-2-11-12(10-3-5-17-6-4-10)9-13(16)15-14(11)18-7-8-19-15/h9-10,17H,2-8H2,1H3. The van der Waals surface area contributed by atoms with E-state index in [0.29, 0.717) is 19.1 Å². The molecule has 1 fully saturated rings. The van der Waals surface area contributed by atoms with Gasteiger partial charge in [0, 0.05) is 5.56 Å². The van der Waals surface area contributed by atoms with Gasteiger partial charge in [0.25, 0.3) is 0 Å². The van der Waals surface area contributed by atoms with Gasteiger partial charge in [-0.15, -0.1) is 0 Å². The molecule has 2 aliphatic rings. The van der Waals surface area contributed by atoms with E-state index in [2.05, 4.69) is 34.2 Å². The van der Waals surface area contributed by atoms with Crippen LogP contribution in [0.2, 0.25) is 0 Å². The minimum Gasteiger partial charge on any atom is -0.486 e. The summed E-state index contributed by atoms with van der Waals surface area (Å²) in [5, 5.41) is 3.43. The predicted octanol–water partition coefficient (Wildman–Crippen LogP) is 3.25. The summed E-state index contributed by atoms with van der Waals surface area (Å²) >= 11 is 3.64. The van der Waals surface area contributed by atoms with E-state index < -0.39 is 0 Å². The fraction of sp³-hybridized carbons (Fsp3) is 0.600. The number of rotatable bonds is 2. The number of hydrogen-bond donors (Lipinski definition) is 1. The third-order valence-electron chi connectivity index (χ3n) is 4.04. The van der Waals surface area contributed by atoms with Gasteiger partial charge in [-0.25, -0.2) is 0 Å². The SMILES string of the molecule is CCc1c(C2CCNCC2)cc(Br)c2c1OCCO2. The van der Waals surface area contributed by atoms with E-state index in [1.54, 1.807) is 0 Å². The monoisotopic (exact) mass is 325 g/mol. The molecule has 0 spiro atoms. The van der Waals surface area contributed by atoms with Crippen molar-refractivity contribution in [3.05, 3.63) is 21.7 Å². The summed E-state index contributed by atoms with van der Waals surface area (Å²) in [6.45, 7) is 5.72. The molecule has 1 saturated heterocycles. The predicted molar refractivity (Wildman–Crippen MR) is 79.4 cm³/mol. The molecule has 0 radical (unpaired) electrons. The third kappa shape index (κ3) is 2.48.